The van der Waals surface area contributed by atoms with Crippen molar-refractivity contribution < 1.29 is 13.9 Å². The van der Waals surface area contributed by atoms with Crippen LogP contribution in [0.2, 0.25) is 0 Å². The number of nitrogens with zero attached hydrogens (tertiary/aromatic N) is 2. The van der Waals surface area contributed by atoms with E-state index in [1.54, 1.807) is 24.6 Å². The zero-order chi connectivity index (χ0) is 33.0. The van der Waals surface area contributed by atoms with Gasteiger partial charge in [-0.15, -0.1) is 0 Å². The summed E-state index contributed by atoms with van der Waals surface area (Å²) in [5.74, 6) is 3.39. The van der Waals surface area contributed by atoms with Crippen molar-refractivity contribution >= 4 is 16.7 Å². The maximum Gasteiger partial charge on any atom is 0.305 e. The van der Waals surface area contributed by atoms with Gasteiger partial charge >= 0.3 is 5.79 Å². The van der Waals surface area contributed by atoms with Gasteiger partial charge in [0, 0.05) is 47.6 Å². The molecule has 5 unspecified atom stereocenters. The molecule has 2 heterocycles. The van der Waals surface area contributed by atoms with Gasteiger partial charge in [0.25, 0.3) is 0 Å². The maximum atomic E-state index is 13.4. The molecule has 4 fully saturated rings. The van der Waals surface area contributed by atoms with E-state index in [-0.39, 0.29) is 5.43 Å². The van der Waals surface area contributed by atoms with E-state index in [9.17, 15) is 4.79 Å². The van der Waals surface area contributed by atoms with Crippen LogP contribution in [0.1, 0.15) is 49.7 Å². The van der Waals surface area contributed by atoms with E-state index in [1.807, 2.05) is 72.8 Å². The summed E-state index contributed by atoms with van der Waals surface area (Å²) in [5, 5.41) is 0.457. The van der Waals surface area contributed by atoms with Crippen LogP contribution in [-0.2, 0) is 5.79 Å². The first-order chi connectivity index (χ1) is 23.9. The highest BCUT2D eigenvalue weighted by atomic mass is 16.7. The molecule has 0 bridgehead atoms. The highest BCUT2D eigenvalue weighted by molar-refractivity contribution is 5.87. The van der Waals surface area contributed by atoms with E-state index in [2.05, 4.69) is 36.0 Å². The number of fused-ring (bicyclic) bond motifs is 3. The highest BCUT2D eigenvalue weighted by Crippen LogP contribution is 2.87. The van der Waals surface area contributed by atoms with Gasteiger partial charge in [-0.2, -0.15) is 0 Å². The first-order valence-corrected chi connectivity index (χ1v) is 18.0. The lowest BCUT2D eigenvalue weighted by atomic mass is 9.44. The molecule has 4 aliphatic carbocycles. The van der Waals surface area contributed by atoms with Gasteiger partial charge in [-0.05, 0) is 112 Å². The van der Waals surface area contributed by atoms with Gasteiger partial charge < -0.3 is 23.7 Å². The lowest BCUT2D eigenvalue weighted by Gasteiger charge is -2.66. The number of hydrogen-bond donors (Lipinski definition) is 0. The standard InChI is InChI=1S/C43H42N2O4/c1-44(21-9-10-22-45(2)42-25-29-24-41(40(29)42)26-32(41)27-42)33-17-15-28(16-18-33)37-23-35(46)34-19-20-36-39(38(34)47-37)49-43(48-36,30-11-5-3-6-12-30)31-13-7-4-8-14-31/h3-8,11-20,23,29,32,40H,9-10,21-22,24-27H2,1-2H3. The first kappa shape index (κ1) is 29.4. The second-order valence-corrected chi connectivity index (χ2v) is 15.5. The van der Waals surface area contributed by atoms with E-state index in [0.29, 0.717) is 33.8 Å². The van der Waals surface area contributed by atoms with E-state index in [4.69, 9.17) is 13.9 Å². The van der Waals surface area contributed by atoms with Crippen LogP contribution in [0.3, 0.4) is 0 Å². The van der Waals surface area contributed by atoms with Crippen molar-refractivity contribution in [3.05, 3.63) is 124 Å². The van der Waals surface area contributed by atoms with Crippen molar-refractivity contribution in [1.29, 1.82) is 0 Å². The summed E-state index contributed by atoms with van der Waals surface area (Å²) < 4.78 is 19.8. The largest absolute Gasteiger partial charge is 0.452 e. The predicted octanol–water partition coefficient (Wildman–Crippen LogP) is 8.47. The highest BCUT2D eigenvalue weighted by Gasteiger charge is 2.84. The third-order valence-electron chi connectivity index (χ3n) is 13.0. The molecular formula is C43H42N2O4. The Kier molecular flexibility index (Phi) is 6.28. The summed E-state index contributed by atoms with van der Waals surface area (Å²) in [6, 6.07) is 33.2. The lowest BCUT2D eigenvalue weighted by Crippen LogP contribution is -2.68. The van der Waals surface area contributed by atoms with E-state index in [1.165, 1.54) is 38.6 Å². The Morgan fingerprint density at radius 1 is 0.755 bits per heavy atom. The third kappa shape index (κ3) is 4.19. The molecule has 6 nitrogen and oxygen atoms in total. The van der Waals surface area contributed by atoms with E-state index < -0.39 is 5.79 Å². The van der Waals surface area contributed by atoms with Crippen molar-refractivity contribution in [1.82, 2.24) is 4.90 Å². The first-order valence-electron chi connectivity index (χ1n) is 18.0. The minimum atomic E-state index is -1.20. The molecule has 0 saturated heterocycles. The van der Waals surface area contributed by atoms with Gasteiger partial charge in [0.2, 0.25) is 5.75 Å². The third-order valence-corrected chi connectivity index (χ3v) is 13.0. The Labute approximate surface area is 287 Å². The molecule has 10 rings (SSSR count). The van der Waals surface area contributed by atoms with Crippen LogP contribution >= 0.6 is 0 Å². The Bertz CT molecular complexity index is 2090. The molecule has 5 atom stereocenters. The van der Waals surface area contributed by atoms with Crippen LogP contribution in [0.25, 0.3) is 22.3 Å². The quantitative estimate of drug-likeness (QED) is 0.141. The Morgan fingerprint density at radius 3 is 2.18 bits per heavy atom. The molecular weight excluding hydrogens is 608 g/mol. The van der Waals surface area contributed by atoms with Crippen LogP contribution in [-0.4, -0.2) is 37.6 Å². The lowest BCUT2D eigenvalue weighted by molar-refractivity contribution is -0.164. The smallest absolute Gasteiger partial charge is 0.305 e. The van der Waals surface area contributed by atoms with Crippen LogP contribution in [0.5, 0.6) is 11.5 Å². The van der Waals surface area contributed by atoms with Crippen LogP contribution in [0.4, 0.5) is 5.69 Å². The molecule has 1 aliphatic heterocycles. The normalized spacial score (nSPS) is 27.7. The zero-order valence-corrected chi connectivity index (χ0v) is 28.2. The van der Waals surface area contributed by atoms with Gasteiger partial charge in [0.15, 0.2) is 16.8 Å². The second kappa shape index (κ2) is 10.5. The molecule has 0 N–H and O–H groups in total. The maximum absolute atomic E-state index is 13.4. The Hall–Kier alpha value is -4.55. The number of benzene rings is 4. The predicted molar refractivity (Wildman–Crippen MR) is 192 cm³/mol. The molecule has 4 saturated carbocycles. The molecule has 5 aliphatic rings. The van der Waals surface area contributed by atoms with Crippen molar-refractivity contribution in [3.8, 4) is 22.8 Å². The summed E-state index contributed by atoms with van der Waals surface area (Å²) in [6.45, 7) is 2.22. The number of ether oxygens (including phenoxy) is 2. The molecule has 1 aromatic heterocycles. The zero-order valence-electron chi connectivity index (χ0n) is 28.2. The fraction of sp³-hybridized carbons (Fsp3) is 0.372. The van der Waals surface area contributed by atoms with E-state index >= 15 is 0 Å². The minimum Gasteiger partial charge on any atom is -0.452 e. The van der Waals surface area contributed by atoms with E-state index in [0.717, 1.165) is 52.1 Å². The minimum absolute atomic E-state index is 0.121. The average Bonchev–Trinajstić information content (AvgIpc) is 3.65. The number of anilines is 1. The Morgan fingerprint density at radius 2 is 1.47 bits per heavy atom. The summed E-state index contributed by atoms with van der Waals surface area (Å²) in [6.07, 6.45) is 8.41. The van der Waals surface area contributed by atoms with Crippen molar-refractivity contribution in [2.75, 3.05) is 32.1 Å². The van der Waals surface area contributed by atoms with Crippen LogP contribution in [0.15, 0.2) is 112 Å². The Balaban J connectivity index is 0.852. The van der Waals surface area contributed by atoms with Gasteiger partial charge in [0.1, 0.15) is 5.76 Å². The summed E-state index contributed by atoms with van der Waals surface area (Å²) in [4.78, 5) is 18.5. The fourth-order valence-corrected chi connectivity index (χ4v) is 10.6. The summed E-state index contributed by atoms with van der Waals surface area (Å²) >= 11 is 0. The van der Waals surface area contributed by atoms with Gasteiger partial charge in [-0.1, -0.05) is 60.7 Å². The molecule has 6 heteroatoms. The molecule has 1 spiro atoms. The average molecular weight is 651 g/mol. The topological polar surface area (TPSA) is 55.2 Å². The monoisotopic (exact) mass is 650 g/mol. The van der Waals surface area contributed by atoms with Gasteiger partial charge in [-0.3, -0.25) is 4.79 Å². The van der Waals surface area contributed by atoms with Gasteiger partial charge in [0.05, 0.1) is 5.39 Å². The molecule has 248 valence electrons. The fourth-order valence-electron chi connectivity index (χ4n) is 10.6. The van der Waals surface area contributed by atoms with Gasteiger partial charge in [-0.25, -0.2) is 0 Å². The van der Waals surface area contributed by atoms with Crippen LogP contribution < -0.4 is 19.8 Å². The number of hydrogen-bond acceptors (Lipinski definition) is 6. The number of rotatable bonds is 10. The molecule has 49 heavy (non-hydrogen) atoms. The summed E-state index contributed by atoms with van der Waals surface area (Å²) in [5.41, 5.74) is 5.32. The molecule has 5 aromatic rings. The van der Waals surface area contributed by atoms with Crippen molar-refractivity contribution in [2.24, 2.45) is 23.2 Å². The SMILES string of the molecule is CN(CCCCN(C)C12CC3CC4(CC4C1)C32)c1ccc(-c2cc(=O)c3ccc4c(c3o2)OC(c2ccccc2)(c2ccccc2)O4)cc1. The van der Waals surface area contributed by atoms with Crippen molar-refractivity contribution in [2.45, 2.75) is 49.9 Å². The van der Waals surface area contributed by atoms with Crippen molar-refractivity contribution in [3.63, 3.8) is 0 Å². The molecule has 0 radical (unpaired) electrons. The molecule has 4 aromatic carbocycles. The molecule has 0 amide bonds. The second-order valence-electron chi connectivity index (χ2n) is 15.5. The van der Waals surface area contributed by atoms with Crippen LogP contribution in [0, 0.1) is 23.2 Å². The number of unbranched alkanes of at least 4 members (excludes halogenated alkanes) is 1. The summed E-state index contributed by atoms with van der Waals surface area (Å²) in [7, 11) is 4.57.